The first-order valence-electron chi connectivity index (χ1n) is 3.23. The van der Waals surface area contributed by atoms with Crippen molar-refractivity contribution in [3.8, 4) is 0 Å². The lowest BCUT2D eigenvalue weighted by Gasteiger charge is -2.03. The van der Waals surface area contributed by atoms with Crippen LogP contribution in [0.25, 0.3) is 0 Å². The van der Waals surface area contributed by atoms with Crippen molar-refractivity contribution in [2.45, 2.75) is 13.0 Å². The van der Waals surface area contributed by atoms with Crippen LogP contribution in [0.1, 0.15) is 18.6 Å². The van der Waals surface area contributed by atoms with E-state index < -0.39 is 6.10 Å². The second-order valence-electron chi connectivity index (χ2n) is 2.35. The van der Waals surface area contributed by atoms with Gasteiger partial charge in [-0.3, -0.25) is 0 Å². The van der Waals surface area contributed by atoms with E-state index in [4.69, 9.17) is 13.0 Å². The van der Waals surface area contributed by atoms with Gasteiger partial charge in [-0.1, -0.05) is 29.7 Å². The number of hydrogen-bond acceptors (Lipinski definition) is 1. The van der Waals surface area contributed by atoms with Crippen molar-refractivity contribution < 1.29 is 5.11 Å². The van der Waals surface area contributed by atoms with E-state index in [1.165, 1.54) is 0 Å². The second-order valence-corrected chi connectivity index (χ2v) is 2.35. The number of benzene rings is 1. The van der Waals surface area contributed by atoms with E-state index >= 15 is 0 Å². The van der Waals surface area contributed by atoms with Crippen LogP contribution in [0.2, 0.25) is 0 Å². The third-order valence-electron chi connectivity index (χ3n) is 1.39. The van der Waals surface area contributed by atoms with E-state index in [9.17, 15) is 0 Å². The minimum absolute atomic E-state index is 0.427. The molecular weight excluding hydrogens is 123 g/mol. The van der Waals surface area contributed by atoms with Crippen LogP contribution in [0.15, 0.2) is 24.3 Å². The summed E-state index contributed by atoms with van der Waals surface area (Å²) in [6.45, 7) is 1.72. The van der Waals surface area contributed by atoms with Gasteiger partial charge in [0.25, 0.3) is 0 Å². The fraction of sp³-hybridized carbons (Fsp3) is 0.250. The molecule has 10 heavy (non-hydrogen) atoms. The Bertz CT molecular complexity index is 220. The number of hydrogen-bond donors (Lipinski definition) is 1. The molecular formula is C8H9BO. The predicted octanol–water partition coefficient (Wildman–Crippen LogP) is 0.534. The van der Waals surface area contributed by atoms with Gasteiger partial charge >= 0.3 is 0 Å². The molecule has 0 aliphatic rings. The number of rotatable bonds is 1. The Morgan fingerprint density at radius 2 is 2.20 bits per heavy atom. The first-order valence-corrected chi connectivity index (χ1v) is 3.23. The largest absolute Gasteiger partial charge is 0.389 e. The van der Waals surface area contributed by atoms with Crippen molar-refractivity contribution in [1.29, 1.82) is 0 Å². The molecule has 50 valence electrons. The molecule has 0 aliphatic heterocycles. The fourth-order valence-electron chi connectivity index (χ4n) is 0.819. The Hall–Kier alpha value is -0.755. The van der Waals surface area contributed by atoms with E-state index in [0.717, 1.165) is 5.56 Å². The Morgan fingerprint density at radius 3 is 2.60 bits per heavy atom. The molecule has 0 saturated carbocycles. The van der Waals surface area contributed by atoms with Gasteiger partial charge in [-0.05, 0) is 12.5 Å². The third kappa shape index (κ3) is 1.61. The van der Waals surface area contributed by atoms with Crippen LogP contribution in [0.4, 0.5) is 0 Å². The van der Waals surface area contributed by atoms with E-state index in [-0.39, 0.29) is 0 Å². The van der Waals surface area contributed by atoms with Crippen molar-refractivity contribution in [2.75, 3.05) is 0 Å². The Balaban J connectivity index is 2.96. The van der Waals surface area contributed by atoms with Gasteiger partial charge in [0, 0.05) is 0 Å². The summed E-state index contributed by atoms with van der Waals surface area (Å²) in [5, 5.41) is 9.09. The summed E-state index contributed by atoms with van der Waals surface area (Å²) in [5.41, 5.74) is 1.55. The highest BCUT2D eigenvalue weighted by molar-refractivity contribution is 6.32. The Labute approximate surface area is 62.1 Å². The Morgan fingerprint density at radius 1 is 1.50 bits per heavy atom. The second kappa shape index (κ2) is 2.89. The zero-order valence-corrected chi connectivity index (χ0v) is 5.91. The van der Waals surface area contributed by atoms with Crippen molar-refractivity contribution >= 4 is 13.3 Å². The monoisotopic (exact) mass is 132 g/mol. The van der Waals surface area contributed by atoms with Gasteiger partial charge in [-0.25, -0.2) is 0 Å². The summed E-state index contributed by atoms with van der Waals surface area (Å²) in [4.78, 5) is 0. The minimum atomic E-state index is -0.427. The van der Waals surface area contributed by atoms with Crippen molar-refractivity contribution in [2.24, 2.45) is 0 Å². The highest BCUT2D eigenvalue weighted by atomic mass is 16.3. The fourth-order valence-corrected chi connectivity index (χ4v) is 0.819. The molecule has 0 saturated heterocycles. The summed E-state index contributed by atoms with van der Waals surface area (Å²) in [7, 11) is 5.49. The van der Waals surface area contributed by atoms with Crippen LogP contribution in [-0.4, -0.2) is 13.0 Å². The predicted molar refractivity (Wildman–Crippen MR) is 42.5 cm³/mol. The molecule has 0 fully saturated rings. The van der Waals surface area contributed by atoms with Gasteiger partial charge in [-0.15, -0.1) is 0 Å². The molecule has 0 heterocycles. The SMILES string of the molecule is [B]c1cccc(C(C)O)c1. The van der Waals surface area contributed by atoms with Crippen molar-refractivity contribution in [3.05, 3.63) is 29.8 Å². The molecule has 1 aromatic rings. The maximum Gasteiger partial charge on any atom is 0.113 e. The number of aliphatic hydroxyl groups is 1. The molecule has 0 amide bonds. The van der Waals surface area contributed by atoms with E-state index in [0.29, 0.717) is 5.46 Å². The highest BCUT2D eigenvalue weighted by Gasteiger charge is 1.97. The van der Waals surface area contributed by atoms with Crippen LogP contribution >= 0.6 is 0 Å². The maximum atomic E-state index is 9.09. The van der Waals surface area contributed by atoms with Gasteiger partial charge in [0.1, 0.15) is 7.85 Å². The molecule has 1 aromatic carbocycles. The smallest absolute Gasteiger partial charge is 0.113 e. The zero-order valence-electron chi connectivity index (χ0n) is 5.91. The average Bonchev–Trinajstić information content (AvgIpc) is 1.88. The number of aliphatic hydroxyl groups excluding tert-OH is 1. The van der Waals surface area contributed by atoms with Gasteiger partial charge in [0.2, 0.25) is 0 Å². The molecule has 2 heteroatoms. The highest BCUT2D eigenvalue weighted by Crippen LogP contribution is 2.07. The molecule has 1 nitrogen and oxygen atoms in total. The van der Waals surface area contributed by atoms with Crippen molar-refractivity contribution in [3.63, 3.8) is 0 Å². The quantitative estimate of drug-likeness (QED) is 0.552. The first-order chi connectivity index (χ1) is 4.70. The van der Waals surface area contributed by atoms with E-state index in [2.05, 4.69) is 0 Å². The topological polar surface area (TPSA) is 20.2 Å². The lowest BCUT2D eigenvalue weighted by molar-refractivity contribution is 0.199. The van der Waals surface area contributed by atoms with E-state index in [1.54, 1.807) is 19.1 Å². The summed E-state index contributed by atoms with van der Waals surface area (Å²) in [6.07, 6.45) is -0.427. The zero-order chi connectivity index (χ0) is 7.56. The molecule has 1 atom stereocenters. The standard InChI is InChI=1S/C8H9BO/c1-6(10)7-3-2-4-8(9)5-7/h2-6,10H,1H3. The first kappa shape index (κ1) is 7.35. The van der Waals surface area contributed by atoms with Crippen LogP contribution in [-0.2, 0) is 0 Å². The van der Waals surface area contributed by atoms with Crippen LogP contribution in [0.3, 0.4) is 0 Å². The molecule has 1 rings (SSSR count). The lowest BCUT2D eigenvalue weighted by Crippen LogP contribution is -2.03. The van der Waals surface area contributed by atoms with Crippen molar-refractivity contribution in [1.82, 2.24) is 0 Å². The molecule has 0 aromatic heterocycles. The molecule has 0 spiro atoms. The minimum Gasteiger partial charge on any atom is -0.389 e. The summed E-state index contributed by atoms with van der Waals surface area (Å²) >= 11 is 0. The lowest BCUT2D eigenvalue weighted by atomic mass is 9.93. The summed E-state index contributed by atoms with van der Waals surface area (Å²) in [6, 6.07) is 7.25. The molecule has 0 bridgehead atoms. The molecule has 1 unspecified atom stereocenters. The molecule has 2 radical (unpaired) electrons. The van der Waals surface area contributed by atoms with Crippen LogP contribution < -0.4 is 5.46 Å². The van der Waals surface area contributed by atoms with Crippen LogP contribution in [0.5, 0.6) is 0 Å². The van der Waals surface area contributed by atoms with E-state index in [1.807, 2.05) is 12.1 Å². The normalized spacial score (nSPS) is 13.0. The Kier molecular flexibility index (Phi) is 2.12. The van der Waals surface area contributed by atoms with Crippen LogP contribution in [0, 0.1) is 0 Å². The molecule has 1 N–H and O–H groups in total. The molecule has 0 aliphatic carbocycles. The average molecular weight is 132 g/mol. The maximum absolute atomic E-state index is 9.09. The van der Waals surface area contributed by atoms with Gasteiger partial charge in [-0.2, -0.15) is 0 Å². The van der Waals surface area contributed by atoms with Gasteiger partial charge in [0.15, 0.2) is 0 Å². The van der Waals surface area contributed by atoms with Gasteiger partial charge < -0.3 is 5.11 Å². The summed E-state index contributed by atoms with van der Waals surface area (Å²) in [5.74, 6) is 0. The summed E-state index contributed by atoms with van der Waals surface area (Å²) < 4.78 is 0. The third-order valence-corrected chi connectivity index (χ3v) is 1.39. The van der Waals surface area contributed by atoms with Gasteiger partial charge in [0.05, 0.1) is 6.10 Å².